The fourth-order valence-corrected chi connectivity index (χ4v) is 2.69. The van der Waals surface area contributed by atoms with Gasteiger partial charge >= 0.3 is 0 Å². The molecule has 2 aliphatic rings. The summed E-state index contributed by atoms with van der Waals surface area (Å²) >= 11 is 0. The van der Waals surface area contributed by atoms with Crippen LogP contribution in [0.15, 0.2) is 0 Å². The number of nitrogens with zero attached hydrogens (tertiary/aromatic N) is 2. The molecular weight excluding hydrogens is 298 g/mol. The number of nitrogens with one attached hydrogen (secondary N) is 1. The lowest BCUT2D eigenvalue weighted by molar-refractivity contribution is 0.00977. The normalized spacial score (nSPS) is 31.3. The molecule has 1 N–H and O–H groups in total. The number of hydrogen-bond acceptors (Lipinski definition) is 7. The molecule has 0 amide bonds. The lowest BCUT2D eigenvalue weighted by atomic mass is 10.4. The maximum atomic E-state index is 5.67. The molecule has 0 saturated carbocycles. The smallest absolute Gasteiger partial charge is 0.0701 e. The quantitative estimate of drug-likeness (QED) is 0.588. The molecule has 0 aromatic heterocycles. The van der Waals surface area contributed by atoms with Crippen molar-refractivity contribution >= 4 is 0 Å². The molecule has 23 heavy (non-hydrogen) atoms. The van der Waals surface area contributed by atoms with Gasteiger partial charge in [-0.3, -0.25) is 9.80 Å². The highest BCUT2D eigenvalue weighted by Gasteiger charge is 2.09. The Hall–Kier alpha value is -0.280. The molecular formula is C16H33N3O4. The number of fused-ring (bicyclic) bond motifs is 6. The summed E-state index contributed by atoms with van der Waals surface area (Å²) in [6, 6.07) is 0. The molecule has 0 aliphatic carbocycles. The summed E-state index contributed by atoms with van der Waals surface area (Å²) in [5.41, 5.74) is 0. The van der Waals surface area contributed by atoms with Crippen LogP contribution in [0.1, 0.15) is 0 Å². The Morgan fingerprint density at radius 3 is 1.13 bits per heavy atom. The van der Waals surface area contributed by atoms with E-state index in [1.165, 1.54) is 0 Å². The predicted octanol–water partition coefficient (Wildman–Crippen LogP) is -0.726. The zero-order valence-electron chi connectivity index (χ0n) is 14.3. The second-order valence-electron chi connectivity index (χ2n) is 5.88. The fraction of sp³-hybridized carbons (Fsp3) is 1.00. The average Bonchev–Trinajstić information content (AvgIpc) is 2.57. The molecule has 2 fully saturated rings. The molecule has 7 nitrogen and oxygen atoms in total. The Morgan fingerprint density at radius 1 is 0.435 bits per heavy atom. The van der Waals surface area contributed by atoms with E-state index in [9.17, 15) is 0 Å². The summed E-state index contributed by atoms with van der Waals surface area (Å²) in [5, 5.41) is 3.54. The molecule has 0 radical (unpaired) electrons. The molecule has 0 aromatic rings. The number of ether oxygens (including phenoxy) is 4. The molecule has 7 heteroatoms. The van der Waals surface area contributed by atoms with Crippen molar-refractivity contribution in [2.45, 2.75) is 0 Å². The average molecular weight is 331 g/mol. The molecule has 0 atom stereocenters. The van der Waals surface area contributed by atoms with Crippen molar-refractivity contribution in [3.63, 3.8) is 0 Å². The molecule has 2 saturated heterocycles. The maximum absolute atomic E-state index is 5.67. The van der Waals surface area contributed by atoms with Gasteiger partial charge in [0.25, 0.3) is 0 Å². The Balaban J connectivity index is 1.87. The molecule has 2 aliphatic heterocycles. The molecule has 2 heterocycles. The van der Waals surface area contributed by atoms with Crippen molar-refractivity contribution < 1.29 is 18.9 Å². The van der Waals surface area contributed by atoms with Crippen LogP contribution in [-0.4, -0.2) is 115 Å². The predicted molar refractivity (Wildman–Crippen MR) is 89.0 cm³/mol. The van der Waals surface area contributed by atoms with Crippen molar-refractivity contribution in [1.82, 2.24) is 15.1 Å². The first kappa shape index (κ1) is 19.1. The number of rotatable bonds is 0. The van der Waals surface area contributed by atoms with Crippen LogP contribution < -0.4 is 5.32 Å². The first-order chi connectivity index (χ1) is 11.4. The minimum absolute atomic E-state index is 0.672. The van der Waals surface area contributed by atoms with Gasteiger partial charge in [-0.2, -0.15) is 0 Å². The molecule has 0 spiro atoms. The lowest BCUT2D eigenvalue weighted by Gasteiger charge is -2.23. The van der Waals surface area contributed by atoms with Gasteiger partial charge in [-0.15, -0.1) is 0 Å². The Labute approximate surface area is 140 Å². The first-order valence-electron chi connectivity index (χ1n) is 8.91. The van der Waals surface area contributed by atoms with Crippen molar-refractivity contribution in [1.29, 1.82) is 0 Å². The molecule has 0 unspecified atom stereocenters. The lowest BCUT2D eigenvalue weighted by Crippen LogP contribution is -2.40. The van der Waals surface area contributed by atoms with Crippen LogP contribution in [0, 0.1) is 0 Å². The molecule has 2 rings (SSSR count). The summed E-state index contributed by atoms with van der Waals surface area (Å²) in [7, 11) is 0. The van der Waals surface area contributed by atoms with Gasteiger partial charge < -0.3 is 24.3 Å². The summed E-state index contributed by atoms with van der Waals surface area (Å²) in [6.07, 6.45) is 0. The van der Waals surface area contributed by atoms with Crippen molar-refractivity contribution in [3.8, 4) is 0 Å². The van der Waals surface area contributed by atoms with Crippen LogP contribution in [0.2, 0.25) is 0 Å². The van der Waals surface area contributed by atoms with Crippen LogP contribution in [0.3, 0.4) is 0 Å². The van der Waals surface area contributed by atoms with Gasteiger partial charge in [0.1, 0.15) is 0 Å². The van der Waals surface area contributed by atoms with E-state index in [-0.39, 0.29) is 0 Å². The highest BCUT2D eigenvalue weighted by Crippen LogP contribution is 1.94. The summed E-state index contributed by atoms with van der Waals surface area (Å²) in [5.74, 6) is 0. The van der Waals surface area contributed by atoms with Gasteiger partial charge in [0.2, 0.25) is 0 Å². The van der Waals surface area contributed by atoms with Gasteiger partial charge in [-0.25, -0.2) is 0 Å². The van der Waals surface area contributed by atoms with E-state index in [2.05, 4.69) is 15.1 Å². The van der Waals surface area contributed by atoms with Crippen molar-refractivity contribution in [2.24, 2.45) is 0 Å². The van der Waals surface area contributed by atoms with Crippen LogP contribution in [0.4, 0.5) is 0 Å². The second kappa shape index (κ2) is 13.1. The van der Waals surface area contributed by atoms with Crippen molar-refractivity contribution in [2.75, 3.05) is 105 Å². The van der Waals surface area contributed by atoms with Gasteiger partial charge in [0.05, 0.1) is 52.9 Å². The van der Waals surface area contributed by atoms with E-state index in [0.29, 0.717) is 26.4 Å². The highest BCUT2D eigenvalue weighted by atomic mass is 16.5. The number of hydrogen-bond donors (Lipinski definition) is 1. The van der Waals surface area contributed by atoms with Gasteiger partial charge in [0.15, 0.2) is 0 Å². The van der Waals surface area contributed by atoms with Crippen LogP contribution in [-0.2, 0) is 18.9 Å². The van der Waals surface area contributed by atoms with Crippen LogP contribution in [0.25, 0.3) is 0 Å². The van der Waals surface area contributed by atoms with E-state index >= 15 is 0 Å². The zero-order chi connectivity index (χ0) is 16.0. The van der Waals surface area contributed by atoms with Gasteiger partial charge in [-0.1, -0.05) is 0 Å². The van der Waals surface area contributed by atoms with Crippen molar-refractivity contribution in [3.05, 3.63) is 0 Å². The summed E-state index contributed by atoms with van der Waals surface area (Å²) in [6.45, 7) is 13.5. The van der Waals surface area contributed by atoms with E-state index in [1.54, 1.807) is 0 Å². The monoisotopic (exact) mass is 331 g/mol. The fourth-order valence-electron chi connectivity index (χ4n) is 2.69. The molecule has 2 bridgehead atoms. The molecule has 0 aromatic carbocycles. The third-order valence-corrected chi connectivity index (χ3v) is 4.16. The van der Waals surface area contributed by atoms with E-state index in [1.807, 2.05) is 0 Å². The minimum atomic E-state index is 0.672. The second-order valence-corrected chi connectivity index (χ2v) is 5.88. The Bertz CT molecular complexity index is 238. The van der Waals surface area contributed by atoms with E-state index in [0.717, 1.165) is 78.8 Å². The Morgan fingerprint density at radius 2 is 0.783 bits per heavy atom. The standard InChI is InChI=1S/C16H33N3O4/c1-3-18-5-9-20-13-15-22-11-7-19(4-2-17-1)8-12-23-16-14-21-10-6-18/h17H,1-16H2. The van der Waals surface area contributed by atoms with Crippen LogP contribution >= 0.6 is 0 Å². The first-order valence-corrected chi connectivity index (χ1v) is 8.91. The largest absolute Gasteiger partial charge is 0.378 e. The van der Waals surface area contributed by atoms with Gasteiger partial charge in [-0.05, 0) is 0 Å². The Kier molecular flexibility index (Phi) is 10.8. The van der Waals surface area contributed by atoms with E-state index < -0.39 is 0 Å². The zero-order valence-corrected chi connectivity index (χ0v) is 14.3. The highest BCUT2D eigenvalue weighted by molar-refractivity contribution is 4.64. The third kappa shape index (κ3) is 9.56. The van der Waals surface area contributed by atoms with Crippen LogP contribution in [0.5, 0.6) is 0 Å². The SMILES string of the molecule is C1CN2CCOCCOCCN(CCN1)CCOCCOCC2. The topological polar surface area (TPSA) is 55.4 Å². The third-order valence-electron chi connectivity index (χ3n) is 4.16. The maximum Gasteiger partial charge on any atom is 0.0701 e. The summed E-state index contributed by atoms with van der Waals surface area (Å²) in [4.78, 5) is 4.79. The summed E-state index contributed by atoms with van der Waals surface area (Å²) < 4.78 is 22.7. The minimum Gasteiger partial charge on any atom is -0.378 e. The molecule has 136 valence electrons. The van der Waals surface area contributed by atoms with E-state index in [4.69, 9.17) is 18.9 Å². The van der Waals surface area contributed by atoms with Gasteiger partial charge in [0, 0.05) is 52.4 Å².